The molecule has 2 aromatic heterocycles. The van der Waals surface area contributed by atoms with Crippen molar-refractivity contribution in [2.24, 2.45) is 0 Å². The number of nitrogens with zero attached hydrogens (tertiary/aromatic N) is 3. The lowest BCUT2D eigenvalue weighted by Crippen LogP contribution is -2.44. The van der Waals surface area contributed by atoms with Gasteiger partial charge in [0, 0.05) is 53.9 Å². The van der Waals surface area contributed by atoms with Gasteiger partial charge < -0.3 is 15.1 Å². The molecular weight excluding hydrogens is 388 g/mol. The summed E-state index contributed by atoms with van der Waals surface area (Å²) in [5.41, 5.74) is 5.22. The first-order chi connectivity index (χ1) is 13.6. The number of nitrogens with one attached hydrogen (secondary N) is 1. The summed E-state index contributed by atoms with van der Waals surface area (Å²) < 4.78 is 0. The zero-order valence-corrected chi connectivity index (χ0v) is 17.8. The second kappa shape index (κ2) is 8.43. The van der Waals surface area contributed by atoms with Gasteiger partial charge in [-0.2, -0.15) is 11.3 Å². The molecule has 0 bridgehead atoms. The maximum Gasteiger partial charge on any atom is 0.230 e. The Morgan fingerprint density at radius 2 is 2.00 bits per heavy atom. The van der Waals surface area contributed by atoms with Gasteiger partial charge in [0.05, 0.1) is 12.1 Å². The third-order valence-electron chi connectivity index (χ3n) is 4.99. The van der Waals surface area contributed by atoms with Crippen LogP contribution in [-0.2, 0) is 11.2 Å². The van der Waals surface area contributed by atoms with E-state index in [1.807, 2.05) is 16.8 Å². The number of rotatable bonds is 5. The third kappa shape index (κ3) is 4.43. The first-order valence-electron chi connectivity index (χ1n) is 9.39. The molecule has 5 nitrogen and oxygen atoms in total. The van der Waals surface area contributed by atoms with E-state index in [-0.39, 0.29) is 5.91 Å². The minimum Gasteiger partial charge on any atom is -0.369 e. The number of aromatic nitrogens is 1. The highest BCUT2D eigenvalue weighted by Crippen LogP contribution is 2.27. The van der Waals surface area contributed by atoms with Gasteiger partial charge in [0.2, 0.25) is 5.91 Å². The van der Waals surface area contributed by atoms with Crippen molar-refractivity contribution in [2.45, 2.75) is 13.3 Å². The smallest absolute Gasteiger partial charge is 0.230 e. The van der Waals surface area contributed by atoms with E-state index in [1.54, 1.807) is 22.7 Å². The van der Waals surface area contributed by atoms with Crippen molar-refractivity contribution >= 4 is 40.0 Å². The number of thiazole rings is 1. The number of benzene rings is 1. The van der Waals surface area contributed by atoms with Crippen LogP contribution in [0.1, 0.15) is 11.3 Å². The first kappa shape index (κ1) is 19.1. The number of carbonyl (C=O) groups excluding carboxylic acids is 1. The molecule has 0 spiro atoms. The predicted octanol–water partition coefficient (Wildman–Crippen LogP) is 4.11. The Bertz CT molecular complexity index is 943. The highest BCUT2D eigenvalue weighted by Gasteiger charge is 2.16. The molecule has 1 amide bonds. The van der Waals surface area contributed by atoms with Crippen molar-refractivity contribution in [3.8, 4) is 10.6 Å². The van der Waals surface area contributed by atoms with Crippen molar-refractivity contribution in [1.82, 2.24) is 9.88 Å². The summed E-state index contributed by atoms with van der Waals surface area (Å²) in [4.78, 5) is 21.8. The van der Waals surface area contributed by atoms with Crippen molar-refractivity contribution in [3.05, 3.63) is 51.7 Å². The molecule has 3 heterocycles. The van der Waals surface area contributed by atoms with Gasteiger partial charge >= 0.3 is 0 Å². The summed E-state index contributed by atoms with van der Waals surface area (Å²) in [6.07, 6.45) is 0.292. The van der Waals surface area contributed by atoms with Gasteiger partial charge in [0.15, 0.2) is 0 Å². The Hall–Kier alpha value is -2.22. The van der Waals surface area contributed by atoms with E-state index in [4.69, 9.17) is 0 Å². The molecular formula is C21H24N4OS2. The van der Waals surface area contributed by atoms with E-state index in [9.17, 15) is 4.79 Å². The van der Waals surface area contributed by atoms with Gasteiger partial charge in [-0.25, -0.2) is 4.98 Å². The summed E-state index contributed by atoms with van der Waals surface area (Å²) in [6, 6.07) is 8.23. The fraction of sp³-hybridized carbons (Fsp3) is 0.333. The second-order valence-corrected chi connectivity index (χ2v) is 8.81. The fourth-order valence-electron chi connectivity index (χ4n) is 3.41. The number of hydrogen-bond acceptors (Lipinski definition) is 6. The van der Waals surface area contributed by atoms with Gasteiger partial charge in [0.1, 0.15) is 5.01 Å². The molecule has 28 heavy (non-hydrogen) atoms. The van der Waals surface area contributed by atoms with Crippen LogP contribution in [0.4, 0.5) is 11.4 Å². The van der Waals surface area contributed by atoms with Crippen LogP contribution in [0.3, 0.4) is 0 Å². The van der Waals surface area contributed by atoms with Gasteiger partial charge in [-0.3, -0.25) is 4.79 Å². The topological polar surface area (TPSA) is 48.5 Å². The van der Waals surface area contributed by atoms with Gasteiger partial charge in [0.25, 0.3) is 0 Å². The molecule has 1 aliphatic rings. The van der Waals surface area contributed by atoms with Crippen LogP contribution in [-0.4, -0.2) is 49.0 Å². The molecule has 0 unspecified atom stereocenters. The molecule has 1 aliphatic heterocycles. The summed E-state index contributed by atoms with van der Waals surface area (Å²) in [7, 11) is 2.16. The van der Waals surface area contributed by atoms with E-state index >= 15 is 0 Å². The van der Waals surface area contributed by atoms with Crippen LogP contribution in [0.2, 0.25) is 0 Å². The number of thiophene rings is 1. The average Bonchev–Trinajstić information content (AvgIpc) is 3.34. The molecule has 0 saturated carbocycles. The van der Waals surface area contributed by atoms with Crippen LogP contribution < -0.4 is 10.2 Å². The summed E-state index contributed by atoms with van der Waals surface area (Å²) >= 11 is 3.24. The number of hydrogen-bond donors (Lipinski definition) is 1. The lowest BCUT2D eigenvalue weighted by Gasteiger charge is -2.35. The molecule has 0 aliphatic carbocycles. The van der Waals surface area contributed by atoms with Gasteiger partial charge in [-0.05, 0) is 49.2 Å². The molecule has 1 N–H and O–H groups in total. The number of anilines is 2. The van der Waals surface area contributed by atoms with Crippen molar-refractivity contribution < 1.29 is 4.79 Å². The minimum absolute atomic E-state index is 0.0334. The molecule has 7 heteroatoms. The molecule has 0 radical (unpaired) electrons. The normalized spacial score (nSPS) is 15.0. The van der Waals surface area contributed by atoms with Crippen LogP contribution in [0.25, 0.3) is 10.6 Å². The Kier molecular flexibility index (Phi) is 5.75. The molecule has 1 saturated heterocycles. The Morgan fingerprint density at radius 3 is 2.71 bits per heavy atom. The molecule has 146 valence electrons. The highest BCUT2D eigenvalue weighted by molar-refractivity contribution is 7.14. The number of aryl methyl sites for hydroxylation is 1. The van der Waals surface area contributed by atoms with Crippen molar-refractivity contribution in [3.63, 3.8) is 0 Å². The van der Waals surface area contributed by atoms with E-state index in [2.05, 4.69) is 57.7 Å². The zero-order valence-electron chi connectivity index (χ0n) is 16.1. The summed E-state index contributed by atoms with van der Waals surface area (Å²) in [5.74, 6) is -0.0334. The summed E-state index contributed by atoms with van der Waals surface area (Å²) in [5, 5.41) is 10.1. The highest BCUT2D eigenvalue weighted by atomic mass is 32.1. The maximum absolute atomic E-state index is 12.5. The molecule has 1 aromatic carbocycles. The quantitative estimate of drug-likeness (QED) is 0.685. The maximum atomic E-state index is 12.5. The number of piperazine rings is 1. The third-order valence-corrected chi connectivity index (χ3v) is 6.61. The average molecular weight is 413 g/mol. The molecule has 0 atom stereocenters. The Balaban J connectivity index is 1.37. The fourth-order valence-corrected chi connectivity index (χ4v) is 4.94. The number of carbonyl (C=O) groups is 1. The second-order valence-electron chi connectivity index (χ2n) is 7.17. The SMILES string of the molecule is Cc1cc(NC(=O)Cc2csc(-c3ccsc3)n2)ccc1N1CCN(C)CC1. The molecule has 3 aromatic rings. The Morgan fingerprint density at radius 1 is 1.18 bits per heavy atom. The number of likely N-dealkylation sites (N-methyl/N-ethyl adjacent to an activating group) is 1. The molecule has 4 rings (SSSR count). The first-order valence-corrected chi connectivity index (χ1v) is 11.2. The Labute approximate surface area is 173 Å². The van der Waals surface area contributed by atoms with E-state index in [0.29, 0.717) is 6.42 Å². The monoisotopic (exact) mass is 412 g/mol. The lowest BCUT2D eigenvalue weighted by atomic mass is 10.1. The van der Waals surface area contributed by atoms with E-state index in [1.165, 1.54) is 11.3 Å². The largest absolute Gasteiger partial charge is 0.369 e. The summed E-state index contributed by atoms with van der Waals surface area (Å²) in [6.45, 7) is 6.35. The lowest BCUT2D eigenvalue weighted by molar-refractivity contribution is -0.115. The zero-order chi connectivity index (χ0) is 19.5. The van der Waals surface area contributed by atoms with Gasteiger partial charge in [-0.15, -0.1) is 11.3 Å². The predicted molar refractivity (Wildman–Crippen MR) is 119 cm³/mol. The minimum atomic E-state index is -0.0334. The van der Waals surface area contributed by atoms with Crippen molar-refractivity contribution in [2.75, 3.05) is 43.4 Å². The molecule has 1 fully saturated rings. The van der Waals surface area contributed by atoms with Gasteiger partial charge in [-0.1, -0.05) is 0 Å². The van der Waals surface area contributed by atoms with Crippen LogP contribution in [0, 0.1) is 6.92 Å². The van der Waals surface area contributed by atoms with Crippen LogP contribution in [0.15, 0.2) is 40.4 Å². The number of amides is 1. The van der Waals surface area contributed by atoms with E-state index in [0.717, 1.165) is 48.1 Å². The standard InChI is InChI=1S/C21H24N4OS2/c1-15-11-17(3-4-19(15)25-8-6-24(2)7-9-25)22-20(26)12-18-14-28-21(23-18)16-5-10-27-13-16/h3-5,10-11,13-14H,6-9,12H2,1-2H3,(H,22,26). The van der Waals surface area contributed by atoms with Crippen molar-refractivity contribution in [1.29, 1.82) is 0 Å². The van der Waals surface area contributed by atoms with Crippen LogP contribution in [0.5, 0.6) is 0 Å². The van der Waals surface area contributed by atoms with Crippen LogP contribution >= 0.6 is 22.7 Å². The van der Waals surface area contributed by atoms with E-state index < -0.39 is 0 Å².